The molecule has 8 heteroatoms. The molecule has 1 aliphatic rings. The van der Waals surface area contributed by atoms with E-state index < -0.39 is 0 Å². The summed E-state index contributed by atoms with van der Waals surface area (Å²) in [5.74, 6) is 0.802. The Bertz CT molecular complexity index is 901. The van der Waals surface area contributed by atoms with Gasteiger partial charge in [0.25, 0.3) is 0 Å². The lowest BCUT2D eigenvalue weighted by molar-refractivity contribution is 0.0963. The van der Waals surface area contributed by atoms with Crippen molar-refractivity contribution in [2.45, 2.75) is 59.7 Å². The first-order chi connectivity index (χ1) is 15.5. The van der Waals surface area contributed by atoms with Gasteiger partial charge in [-0.1, -0.05) is 30.3 Å². The Morgan fingerprint density at radius 3 is 2.56 bits per heavy atom. The predicted molar refractivity (Wildman–Crippen MR) is 127 cm³/mol. The molecule has 1 amide bonds. The molecule has 8 nitrogen and oxygen atoms in total. The van der Waals surface area contributed by atoms with Gasteiger partial charge in [0.2, 0.25) is 0 Å². The Kier molecular flexibility index (Phi) is 8.53. The Morgan fingerprint density at radius 2 is 1.91 bits per heavy atom. The van der Waals surface area contributed by atoms with Crippen LogP contribution in [0.2, 0.25) is 0 Å². The van der Waals surface area contributed by atoms with Gasteiger partial charge in [-0.3, -0.25) is 4.68 Å². The van der Waals surface area contributed by atoms with Gasteiger partial charge in [-0.05, 0) is 46.1 Å². The van der Waals surface area contributed by atoms with Crippen LogP contribution in [0.4, 0.5) is 4.79 Å². The van der Waals surface area contributed by atoms with E-state index in [4.69, 9.17) is 14.8 Å². The number of piperidine rings is 1. The van der Waals surface area contributed by atoms with Crippen LogP contribution >= 0.6 is 0 Å². The molecule has 2 N–H and O–H groups in total. The zero-order valence-corrected chi connectivity index (χ0v) is 19.7. The van der Waals surface area contributed by atoms with E-state index >= 15 is 0 Å². The summed E-state index contributed by atoms with van der Waals surface area (Å²) in [6, 6.07) is 10.7. The van der Waals surface area contributed by atoms with Gasteiger partial charge < -0.3 is 20.3 Å². The summed E-state index contributed by atoms with van der Waals surface area (Å²) in [5.41, 5.74) is 4.56. The molecule has 1 fully saturated rings. The molecule has 32 heavy (non-hydrogen) atoms. The van der Waals surface area contributed by atoms with E-state index in [-0.39, 0.29) is 12.1 Å². The molecule has 1 aromatic heterocycles. The molecule has 1 aliphatic heterocycles. The minimum atomic E-state index is -0.218. The highest BCUT2D eigenvalue weighted by molar-refractivity contribution is 5.80. The zero-order valence-electron chi connectivity index (χ0n) is 19.7. The maximum Gasteiger partial charge on any atom is 0.409 e. The third-order valence-electron chi connectivity index (χ3n) is 5.81. The number of aromatic nitrogens is 2. The first kappa shape index (κ1) is 23.6. The molecule has 0 atom stereocenters. The predicted octanol–water partition coefficient (Wildman–Crippen LogP) is 3.22. The van der Waals surface area contributed by atoms with Crippen molar-refractivity contribution in [3.8, 4) is 0 Å². The second-order valence-electron chi connectivity index (χ2n) is 8.09. The summed E-state index contributed by atoms with van der Waals surface area (Å²) in [6.45, 7) is 12.0. The standard InChI is InChI=1S/C24H36N6O2/c1-5-25-23(27-21-12-14-29(15-13-21)24(31)32-6-2)26-16-22-18(3)28-30(19(22)4)17-20-10-8-7-9-11-20/h7-11,21H,5-6,12-17H2,1-4H3,(H2,25,26,27). The maximum atomic E-state index is 11.9. The van der Waals surface area contributed by atoms with E-state index in [2.05, 4.69) is 53.4 Å². The van der Waals surface area contributed by atoms with E-state index in [0.29, 0.717) is 26.2 Å². The fraction of sp³-hybridized carbons (Fsp3) is 0.542. The third kappa shape index (κ3) is 6.24. The van der Waals surface area contributed by atoms with Crippen molar-refractivity contribution in [2.75, 3.05) is 26.2 Å². The Hall–Kier alpha value is -3.03. The van der Waals surface area contributed by atoms with Crippen LogP contribution in [0.3, 0.4) is 0 Å². The quantitative estimate of drug-likeness (QED) is 0.510. The Labute approximate surface area is 191 Å². The van der Waals surface area contributed by atoms with Gasteiger partial charge in [0.15, 0.2) is 5.96 Å². The largest absolute Gasteiger partial charge is 0.450 e. The number of carbonyl (C=O) groups is 1. The van der Waals surface area contributed by atoms with Crippen LogP contribution in [0.1, 0.15) is 49.2 Å². The number of aliphatic imine (C=N–C) groups is 1. The van der Waals surface area contributed by atoms with Crippen molar-refractivity contribution >= 4 is 12.1 Å². The van der Waals surface area contributed by atoms with Gasteiger partial charge in [-0.25, -0.2) is 9.79 Å². The fourth-order valence-electron chi connectivity index (χ4n) is 3.97. The molecule has 0 radical (unpaired) electrons. The molecule has 3 rings (SSSR count). The van der Waals surface area contributed by atoms with Crippen LogP contribution in [-0.4, -0.2) is 59.0 Å². The lowest BCUT2D eigenvalue weighted by atomic mass is 10.1. The van der Waals surface area contributed by atoms with Gasteiger partial charge in [-0.15, -0.1) is 0 Å². The number of nitrogens with one attached hydrogen (secondary N) is 2. The van der Waals surface area contributed by atoms with E-state index in [1.807, 2.05) is 19.9 Å². The van der Waals surface area contributed by atoms with Gasteiger partial charge in [-0.2, -0.15) is 5.10 Å². The molecule has 1 saturated heterocycles. The average Bonchev–Trinajstić information content (AvgIpc) is 3.06. The number of guanidine groups is 1. The highest BCUT2D eigenvalue weighted by Crippen LogP contribution is 2.16. The molecule has 1 aromatic carbocycles. The molecular weight excluding hydrogens is 404 g/mol. The lowest BCUT2D eigenvalue weighted by Gasteiger charge is -2.32. The number of amides is 1. The number of hydrogen-bond donors (Lipinski definition) is 2. The molecule has 174 valence electrons. The SMILES string of the molecule is CCNC(=NCc1c(C)nn(Cc2ccccc2)c1C)NC1CCN(C(=O)OCC)CC1. The molecule has 0 aliphatic carbocycles. The van der Waals surface area contributed by atoms with Crippen molar-refractivity contribution in [1.29, 1.82) is 0 Å². The normalized spacial score (nSPS) is 15.0. The van der Waals surface area contributed by atoms with E-state index in [1.165, 1.54) is 5.56 Å². The number of rotatable bonds is 7. The molecule has 0 spiro atoms. The Balaban J connectivity index is 1.61. The lowest BCUT2D eigenvalue weighted by Crippen LogP contribution is -2.49. The van der Waals surface area contributed by atoms with Crippen LogP contribution in [-0.2, 0) is 17.8 Å². The van der Waals surface area contributed by atoms with E-state index in [1.54, 1.807) is 4.90 Å². The highest BCUT2D eigenvalue weighted by atomic mass is 16.6. The number of carbonyl (C=O) groups excluding carboxylic acids is 1. The van der Waals surface area contributed by atoms with Crippen LogP contribution < -0.4 is 10.6 Å². The van der Waals surface area contributed by atoms with Crippen LogP contribution in [0.15, 0.2) is 35.3 Å². The molecular formula is C24H36N6O2. The Morgan fingerprint density at radius 1 is 1.19 bits per heavy atom. The first-order valence-corrected chi connectivity index (χ1v) is 11.5. The second-order valence-corrected chi connectivity index (χ2v) is 8.09. The van der Waals surface area contributed by atoms with Crippen LogP contribution in [0.5, 0.6) is 0 Å². The van der Waals surface area contributed by atoms with Crippen molar-refractivity contribution in [3.63, 3.8) is 0 Å². The number of aryl methyl sites for hydroxylation is 1. The van der Waals surface area contributed by atoms with Crippen molar-refractivity contribution in [1.82, 2.24) is 25.3 Å². The second kappa shape index (κ2) is 11.5. The minimum absolute atomic E-state index is 0.218. The maximum absolute atomic E-state index is 11.9. The first-order valence-electron chi connectivity index (χ1n) is 11.5. The summed E-state index contributed by atoms with van der Waals surface area (Å²) in [6.07, 6.45) is 1.53. The van der Waals surface area contributed by atoms with Gasteiger partial charge in [0, 0.05) is 36.9 Å². The van der Waals surface area contributed by atoms with Crippen LogP contribution in [0.25, 0.3) is 0 Å². The zero-order chi connectivity index (χ0) is 22.9. The number of benzene rings is 1. The highest BCUT2D eigenvalue weighted by Gasteiger charge is 2.24. The van der Waals surface area contributed by atoms with Crippen molar-refractivity contribution in [3.05, 3.63) is 52.8 Å². The monoisotopic (exact) mass is 440 g/mol. The summed E-state index contributed by atoms with van der Waals surface area (Å²) in [4.78, 5) is 18.5. The summed E-state index contributed by atoms with van der Waals surface area (Å²) in [5, 5.41) is 11.6. The van der Waals surface area contributed by atoms with E-state index in [0.717, 1.165) is 48.8 Å². The molecule has 2 aromatic rings. The van der Waals surface area contributed by atoms with Gasteiger partial charge in [0.05, 0.1) is 25.4 Å². The van der Waals surface area contributed by atoms with Gasteiger partial charge >= 0.3 is 6.09 Å². The summed E-state index contributed by atoms with van der Waals surface area (Å²) >= 11 is 0. The number of ether oxygens (including phenoxy) is 1. The van der Waals surface area contributed by atoms with E-state index in [9.17, 15) is 4.79 Å². The minimum Gasteiger partial charge on any atom is -0.450 e. The summed E-state index contributed by atoms with van der Waals surface area (Å²) < 4.78 is 7.16. The molecule has 2 heterocycles. The molecule has 0 unspecified atom stereocenters. The number of likely N-dealkylation sites (tertiary alicyclic amines) is 1. The third-order valence-corrected chi connectivity index (χ3v) is 5.81. The molecule has 0 bridgehead atoms. The summed E-state index contributed by atoms with van der Waals surface area (Å²) in [7, 11) is 0. The fourth-order valence-corrected chi connectivity index (χ4v) is 3.97. The number of nitrogens with zero attached hydrogens (tertiary/aromatic N) is 4. The molecule has 0 saturated carbocycles. The topological polar surface area (TPSA) is 83.8 Å². The number of hydrogen-bond acceptors (Lipinski definition) is 4. The van der Waals surface area contributed by atoms with Crippen LogP contribution in [0, 0.1) is 13.8 Å². The van der Waals surface area contributed by atoms with Gasteiger partial charge in [0.1, 0.15) is 0 Å². The van der Waals surface area contributed by atoms with Crippen molar-refractivity contribution in [2.24, 2.45) is 4.99 Å². The average molecular weight is 441 g/mol. The smallest absolute Gasteiger partial charge is 0.409 e. The van der Waals surface area contributed by atoms with Crippen molar-refractivity contribution < 1.29 is 9.53 Å².